The number of benzene rings is 2. The van der Waals surface area contributed by atoms with Gasteiger partial charge in [-0.1, -0.05) is 37.6 Å². The molecule has 1 aliphatic rings. The standard InChI is InChI=1S/C26H34O8/c1-3-9-20(25(27)30-4-2)26(28)18-33-23-12-7-5-10-21(23)31-16-14-29-15-17-32-22-11-6-8-13-24(22)34-19-26/h5-8,10-13,20,28H,3-4,9,14-19H2,1-2H3. The van der Waals surface area contributed by atoms with Crippen molar-refractivity contribution in [1.29, 1.82) is 0 Å². The van der Waals surface area contributed by atoms with Crippen molar-refractivity contribution in [2.24, 2.45) is 5.92 Å². The molecule has 0 spiro atoms. The van der Waals surface area contributed by atoms with E-state index in [4.69, 9.17) is 28.4 Å². The van der Waals surface area contributed by atoms with Crippen LogP contribution in [0.4, 0.5) is 0 Å². The van der Waals surface area contributed by atoms with Crippen LogP contribution in [0.3, 0.4) is 0 Å². The van der Waals surface area contributed by atoms with Crippen LogP contribution in [0.25, 0.3) is 0 Å². The van der Waals surface area contributed by atoms with E-state index in [1.54, 1.807) is 31.2 Å². The Labute approximate surface area is 200 Å². The van der Waals surface area contributed by atoms with Crippen LogP contribution in [0.5, 0.6) is 23.0 Å². The van der Waals surface area contributed by atoms with Crippen molar-refractivity contribution in [3.63, 3.8) is 0 Å². The predicted molar refractivity (Wildman–Crippen MR) is 126 cm³/mol. The van der Waals surface area contributed by atoms with Crippen LogP contribution in [0, 0.1) is 5.92 Å². The van der Waals surface area contributed by atoms with E-state index in [1.165, 1.54) is 0 Å². The maximum absolute atomic E-state index is 12.8. The highest BCUT2D eigenvalue weighted by Crippen LogP contribution is 2.33. The highest BCUT2D eigenvalue weighted by atomic mass is 16.6. The monoisotopic (exact) mass is 474 g/mol. The van der Waals surface area contributed by atoms with Crippen molar-refractivity contribution >= 4 is 5.97 Å². The number of aliphatic hydroxyl groups is 1. The highest BCUT2D eigenvalue weighted by Gasteiger charge is 2.44. The van der Waals surface area contributed by atoms with Gasteiger partial charge < -0.3 is 33.5 Å². The minimum Gasteiger partial charge on any atom is -0.487 e. The van der Waals surface area contributed by atoms with Gasteiger partial charge in [0.05, 0.1) is 25.7 Å². The third-order valence-electron chi connectivity index (χ3n) is 5.42. The van der Waals surface area contributed by atoms with Crippen molar-refractivity contribution in [2.75, 3.05) is 46.2 Å². The molecule has 2 aromatic rings. The van der Waals surface area contributed by atoms with Gasteiger partial charge in [0.2, 0.25) is 0 Å². The van der Waals surface area contributed by atoms with Crippen LogP contribution < -0.4 is 18.9 Å². The third kappa shape index (κ3) is 7.01. The summed E-state index contributed by atoms with van der Waals surface area (Å²) in [5.74, 6) is 0.620. The Bertz CT molecular complexity index is 844. The Balaban J connectivity index is 1.92. The third-order valence-corrected chi connectivity index (χ3v) is 5.42. The number of carbonyl (C=O) groups excluding carboxylic acids is 1. The van der Waals surface area contributed by atoms with Crippen molar-refractivity contribution in [1.82, 2.24) is 0 Å². The van der Waals surface area contributed by atoms with Crippen LogP contribution in [0.2, 0.25) is 0 Å². The summed E-state index contributed by atoms with van der Waals surface area (Å²) in [6.45, 7) is 4.90. The molecule has 186 valence electrons. The van der Waals surface area contributed by atoms with Gasteiger partial charge in [-0.25, -0.2) is 0 Å². The lowest BCUT2D eigenvalue weighted by Crippen LogP contribution is -2.52. The Morgan fingerprint density at radius 3 is 1.76 bits per heavy atom. The number of hydrogen-bond acceptors (Lipinski definition) is 8. The zero-order valence-corrected chi connectivity index (χ0v) is 19.9. The first kappa shape index (κ1) is 25.6. The van der Waals surface area contributed by atoms with Crippen molar-refractivity contribution < 1.29 is 38.3 Å². The van der Waals surface area contributed by atoms with Gasteiger partial charge in [-0.3, -0.25) is 4.79 Å². The highest BCUT2D eigenvalue weighted by molar-refractivity contribution is 5.74. The lowest BCUT2D eigenvalue weighted by Gasteiger charge is -2.34. The molecule has 2 aromatic carbocycles. The number of esters is 1. The maximum Gasteiger partial charge on any atom is 0.312 e. The lowest BCUT2D eigenvalue weighted by atomic mass is 9.85. The molecule has 0 aliphatic carbocycles. The number of rotatable bonds is 5. The number of para-hydroxylation sites is 4. The molecule has 0 saturated carbocycles. The van der Waals surface area contributed by atoms with Crippen LogP contribution in [0.15, 0.2) is 48.5 Å². The largest absolute Gasteiger partial charge is 0.487 e. The summed E-state index contributed by atoms with van der Waals surface area (Å²) < 4.78 is 34.5. The van der Waals surface area contributed by atoms with E-state index in [-0.39, 0.29) is 19.8 Å². The molecule has 3 rings (SSSR count). The molecule has 0 saturated heterocycles. The normalized spacial score (nSPS) is 17.4. The van der Waals surface area contributed by atoms with E-state index in [9.17, 15) is 9.90 Å². The molecule has 1 atom stereocenters. The first-order chi connectivity index (χ1) is 16.6. The lowest BCUT2D eigenvalue weighted by molar-refractivity contribution is -0.165. The molecule has 0 radical (unpaired) electrons. The zero-order valence-electron chi connectivity index (χ0n) is 19.9. The topological polar surface area (TPSA) is 92.7 Å². The number of ether oxygens (including phenoxy) is 6. The summed E-state index contributed by atoms with van der Waals surface area (Å²) in [7, 11) is 0. The summed E-state index contributed by atoms with van der Waals surface area (Å²) in [6.07, 6.45) is 1.08. The molecular weight excluding hydrogens is 440 g/mol. The summed E-state index contributed by atoms with van der Waals surface area (Å²) in [5, 5.41) is 11.8. The van der Waals surface area contributed by atoms with Crippen LogP contribution in [-0.4, -0.2) is 62.9 Å². The van der Waals surface area contributed by atoms with E-state index < -0.39 is 17.5 Å². The molecule has 8 nitrogen and oxygen atoms in total. The first-order valence-corrected chi connectivity index (χ1v) is 11.7. The maximum atomic E-state index is 12.8. The Morgan fingerprint density at radius 2 is 1.32 bits per heavy atom. The molecule has 1 unspecified atom stereocenters. The van der Waals surface area contributed by atoms with Gasteiger partial charge in [0.1, 0.15) is 32.0 Å². The number of carbonyl (C=O) groups is 1. The van der Waals surface area contributed by atoms with Crippen molar-refractivity contribution in [3.8, 4) is 23.0 Å². The van der Waals surface area contributed by atoms with E-state index >= 15 is 0 Å². The number of hydrogen-bond donors (Lipinski definition) is 1. The zero-order chi connectivity index (χ0) is 24.2. The molecule has 0 amide bonds. The molecule has 1 heterocycles. The van der Waals surface area contributed by atoms with Gasteiger partial charge >= 0.3 is 5.97 Å². The summed E-state index contributed by atoms with van der Waals surface area (Å²) >= 11 is 0. The number of fused-ring (bicyclic) bond motifs is 2. The van der Waals surface area contributed by atoms with Gasteiger partial charge in [-0.2, -0.15) is 0 Å². The molecular formula is C26H34O8. The van der Waals surface area contributed by atoms with Crippen molar-refractivity contribution in [2.45, 2.75) is 32.3 Å². The van der Waals surface area contributed by atoms with Gasteiger partial charge in [-0.15, -0.1) is 0 Å². The molecule has 8 heteroatoms. The summed E-state index contributed by atoms with van der Waals surface area (Å²) in [6, 6.07) is 14.4. The Morgan fingerprint density at radius 1 is 0.853 bits per heavy atom. The second-order valence-corrected chi connectivity index (χ2v) is 7.98. The average molecular weight is 475 g/mol. The minimum atomic E-state index is -1.66. The molecule has 0 aromatic heterocycles. The fourth-order valence-electron chi connectivity index (χ4n) is 3.69. The van der Waals surface area contributed by atoms with E-state index in [0.717, 1.165) is 0 Å². The summed E-state index contributed by atoms with van der Waals surface area (Å²) in [5.41, 5.74) is -1.66. The molecule has 0 fully saturated rings. The average Bonchev–Trinajstić information content (AvgIpc) is 2.85. The first-order valence-electron chi connectivity index (χ1n) is 11.7. The van der Waals surface area contributed by atoms with Gasteiger partial charge in [0, 0.05) is 0 Å². The quantitative estimate of drug-likeness (QED) is 0.657. The fraction of sp³-hybridized carbons (Fsp3) is 0.500. The van der Waals surface area contributed by atoms with Gasteiger partial charge in [0.25, 0.3) is 0 Å². The van der Waals surface area contributed by atoms with Crippen LogP contribution in [0.1, 0.15) is 26.7 Å². The fourth-order valence-corrected chi connectivity index (χ4v) is 3.69. The molecule has 34 heavy (non-hydrogen) atoms. The summed E-state index contributed by atoms with van der Waals surface area (Å²) in [4.78, 5) is 12.8. The van der Waals surface area contributed by atoms with Crippen molar-refractivity contribution in [3.05, 3.63) is 48.5 Å². The Hall–Kier alpha value is -2.97. The van der Waals surface area contributed by atoms with Gasteiger partial charge in [0.15, 0.2) is 23.0 Å². The van der Waals surface area contributed by atoms with E-state index in [0.29, 0.717) is 62.3 Å². The van der Waals surface area contributed by atoms with E-state index in [1.807, 2.05) is 31.2 Å². The van der Waals surface area contributed by atoms with Gasteiger partial charge in [-0.05, 0) is 37.6 Å². The molecule has 1 N–H and O–H groups in total. The Kier molecular flexibility index (Phi) is 9.85. The van der Waals surface area contributed by atoms with Crippen LogP contribution >= 0.6 is 0 Å². The van der Waals surface area contributed by atoms with E-state index in [2.05, 4.69) is 0 Å². The SMILES string of the molecule is CCCC(C(=O)OCC)C1(O)COc2ccccc2OCCOCCOc2ccccc2OC1. The molecule has 1 aliphatic heterocycles. The molecule has 0 bridgehead atoms. The minimum absolute atomic E-state index is 0.198. The second-order valence-electron chi connectivity index (χ2n) is 7.98. The smallest absolute Gasteiger partial charge is 0.312 e. The van der Waals surface area contributed by atoms with Crippen LogP contribution in [-0.2, 0) is 14.3 Å². The second kappa shape index (κ2) is 13.1. The predicted octanol–water partition coefficient (Wildman–Crippen LogP) is 3.64.